The first-order valence-electron chi connectivity index (χ1n) is 14.6. The van der Waals surface area contributed by atoms with E-state index in [1.807, 2.05) is 48.7 Å². The molecule has 10 heteroatoms. The molecule has 10 nitrogen and oxygen atoms in total. The first-order valence-corrected chi connectivity index (χ1v) is 14.6. The highest BCUT2D eigenvalue weighted by molar-refractivity contribution is 6.05. The van der Waals surface area contributed by atoms with Crippen molar-refractivity contribution in [1.29, 1.82) is 0 Å². The number of benzene rings is 1. The number of hydrogen-bond donors (Lipinski definition) is 2. The molecule has 7 rings (SSSR count). The average Bonchev–Trinajstić information content (AvgIpc) is 3.89. The van der Waals surface area contributed by atoms with Gasteiger partial charge >= 0.3 is 12.1 Å². The van der Waals surface area contributed by atoms with E-state index < -0.39 is 17.5 Å². The number of carbonyl (C=O) groups is 3. The van der Waals surface area contributed by atoms with E-state index >= 15 is 0 Å². The van der Waals surface area contributed by atoms with Gasteiger partial charge in [-0.15, -0.1) is 0 Å². The predicted octanol–water partition coefficient (Wildman–Crippen LogP) is 3.89. The van der Waals surface area contributed by atoms with Gasteiger partial charge in [0.1, 0.15) is 6.61 Å². The highest BCUT2D eigenvalue weighted by Gasteiger charge is 2.64. The zero-order valence-electron chi connectivity index (χ0n) is 23.2. The summed E-state index contributed by atoms with van der Waals surface area (Å²) in [6.07, 6.45) is 8.36. The molecule has 2 aromatic heterocycles. The molecule has 3 aliphatic carbocycles. The van der Waals surface area contributed by atoms with Crippen molar-refractivity contribution in [2.24, 2.45) is 23.2 Å². The van der Waals surface area contributed by atoms with Crippen molar-refractivity contribution in [3.8, 4) is 0 Å². The number of carbonyl (C=O) groups excluding carboxylic acids is 3. The molecular weight excluding hydrogens is 522 g/mol. The monoisotopic (exact) mass is 557 g/mol. The first kappa shape index (κ1) is 26.0. The molecule has 1 aromatic carbocycles. The molecule has 41 heavy (non-hydrogen) atoms. The van der Waals surface area contributed by atoms with Crippen molar-refractivity contribution in [3.05, 3.63) is 65.6 Å². The van der Waals surface area contributed by atoms with E-state index in [1.165, 1.54) is 7.11 Å². The van der Waals surface area contributed by atoms with Crippen molar-refractivity contribution in [1.82, 2.24) is 25.2 Å². The molecule has 1 saturated heterocycles. The van der Waals surface area contributed by atoms with Crippen molar-refractivity contribution >= 4 is 23.6 Å². The van der Waals surface area contributed by atoms with Crippen LogP contribution in [0.2, 0.25) is 0 Å². The Hall–Kier alpha value is -3.95. The fourth-order valence-electron chi connectivity index (χ4n) is 6.73. The van der Waals surface area contributed by atoms with Crippen LogP contribution in [0.15, 0.2) is 48.7 Å². The first-order chi connectivity index (χ1) is 19.9. The van der Waals surface area contributed by atoms with Gasteiger partial charge in [0.05, 0.1) is 30.7 Å². The second-order valence-electron chi connectivity index (χ2n) is 12.4. The molecule has 0 radical (unpaired) electrons. The Kier molecular flexibility index (Phi) is 6.24. The smallest absolute Gasteiger partial charge is 0.408 e. The average molecular weight is 558 g/mol. The molecule has 3 aromatic rings. The summed E-state index contributed by atoms with van der Waals surface area (Å²) in [5.41, 5.74) is 1.34. The molecule has 0 bridgehead atoms. The number of rotatable bonds is 10. The van der Waals surface area contributed by atoms with Gasteiger partial charge in [-0.05, 0) is 80.4 Å². The van der Waals surface area contributed by atoms with Crippen LogP contribution in [-0.4, -0.2) is 45.2 Å². The highest BCUT2D eigenvalue weighted by atomic mass is 16.5. The normalized spacial score (nSPS) is 23.4. The topological polar surface area (TPSA) is 124 Å². The zero-order valence-corrected chi connectivity index (χ0v) is 23.2. The fourth-order valence-corrected chi connectivity index (χ4v) is 6.73. The second kappa shape index (κ2) is 9.85. The lowest BCUT2D eigenvalue weighted by Gasteiger charge is -2.26. The molecule has 2 atom stereocenters. The Bertz CT molecular complexity index is 1480. The van der Waals surface area contributed by atoms with E-state index in [1.54, 1.807) is 4.52 Å². The number of nitrogens with zero attached hydrogens (tertiary/aromatic N) is 3. The van der Waals surface area contributed by atoms with Crippen LogP contribution in [0.1, 0.15) is 67.9 Å². The van der Waals surface area contributed by atoms with Crippen LogP contribution < -0.4 is 10.6 Å². The maximum Gasteiger partial charge on any atom is 0.408 e. The summed E-state index contributed by atoms with van der Waals surface area (Å²) in [5.74, 6) is 0.604. The molecule has 3 saturated carbocycles. The Balaban J connectivity index is 1.15. The third-order valence-electron chi connectivity index (χ3n) is 9.28. The van der Waals surface area contributed by atoms with Crippen molar-refractivity contribution in [2.45, 2.75) is 69.6 Å². The number of nitrogens with one attached hydrogen (secondary N) is 2. The quantitative estimate of drug-likeness (QED) is 0.286. The molecule has 2 amide bonds. The number of hydrogen-bond acceptors (Lipinski definition) is 7. The summed E-state index contributed by atoms with van der Waals surface area (Å²) in [6.45, 7) is 0.198. The van der Waals surface area contributed by atoms with Gasteiger partial charge in [0.15, 0.2) is 11.1 Å². The summed E-state index contributed by atoms with van der Waals surface area (Å²) < 4.78 is 12.4. The van der Waals surface area contributed by atoms with Crippen LogP contribution in [0.4, 0.5) is 4.79 Å². The molecule has 4 fully saturated rings. The molecule has 2 unspecified atom stereocenters. The highest BCUT2D eigenvalue weighted by Crippen LogP contribution is 2.54. The Morgan fingerprint density at radius 2 is 1.83 bits per heavy atom. The molecule has 1 aliphatic heterocycles. The lowest BCUT2D eigenvalue weighted by molar-refractivity contribution is -0.157. The van der Waals surface area contributed by atoms with Gasteiger partial charge in [0, 0.05) is 12.0 Å². The number of alkyl carbamates (subject to hydrolysis) is 1. The maximum absolute atomic E-state index is 13.1. The number of aromatic nitrogens is 3. The Labute approximate surface area is 238 Å². The molecule has 2 N–H and O–H groups in total. The standard InChI is InChI=1S/C31H35N5O5/c1-40-28(38)31(18-30(13-14-30)34-27(31)37)15-22-11-12-24-32-23(16-36(24)35-22)26(25(20-7-8-20)21-9-10-21)33-29(39)41-17-19-5-3-2-4-6-19/h2-6,11-12,16,20-21,25-26H,7-10,13-15,17-18H2,1H3,(H,33,39)(H,34,37). The van der Waals surface area contributed by atoms with Gasteiger partial charge in [0.25, 0.3) is 0 Å². The third-order valence-corrected chi connectivity index (χ3v) is 9.28. The van der Waals surface area contributed by atoms with E-state index in [0.717, 1.165) is 49.8 Å². The van der Waals surface area contributed by atoms with Crippen LogP contribution in [0, 0.1) is 23.2 Å². The van der Waals surface area contributed by atoms with Gasteiger partial charge in [-0.25, -0.2) is 14.3 Å². The molecule has 3 heterocycles. The van der Waals surface area contributed by atoms with Crippen molar-refractivity contribution < 1.29 is 23.9 Å². The minimum absolute atomic E-state index is 0.150. The third kappa shape index (κ3) is 5.04. The van der Waals surface area contributed by atoms with Crippen LogP contribution in [0.5, 0.6) is 0 Å². The molecule has 1 spiro atoms. The number of ether oxygens (including phenoxy) is 2. The molecule has 4 aliphatic rings. The number of fused-ring (bicyclic) bond motifs is 1. The van der Waals surface area contributed by atoms with Crippen molar-refractivity contribution in [3.63, 3.8) is 0 Å². The van der Waals surface area contributed by atoms with Gasteiger partial charge in [0.2, 0.25) is 5.91 Å². The van der Waals surface area contributed by atoms with E-state index in [0.29, 0.717) is 35.5 Å². The lowest BCUT2D eigenvalue weighted by Crippen LogP contribution is -2.42. The number of imidazole rings is 1. The largest absolute Gasteiger partial charge is 0.468 e. The summed E-state index contributed by atoms with van der Waals surface area (Å²) in [4.78, 5) is 43.8. The SMILES string of the molecule is COC(=O)C1(Cc2ccc3nc(C(NC(=O)OCc4ccccc4)C(C4CC4)C4CC4)cn3n2)CC2(CC2)NC1=O. The summed E-state index contributed by atoms with van der Waals surface area (Å²) >= 11 is 0. The van der Waals surface area contributed by atoms with E-state index in [-0.39, 0.29) is 30.5 Å². The van der Waals surface area contributed by atoms with Gasteiger partial charge in [-0.3, -0.25) is 9.59 Å². The van der Waals surface area contributed by atoms with Crippen LogP contribution in [-0.2, 0) is 32.1 Å². The van der Waals surface area contributed by atoms with Crippen molar-refractivity contribution in [2.75, 3.05) is 7.11 Å². The van der Waals surface area contributed by atoms with Gasteiger partial charge < -0.3 is 20.1 Å². The molecule has 214 valence electrons. The summed E-state index contributed by atoms with van der Waals surface area (Å²) in [5, 5.41) is 10.9. The van der Waals surface area contributed by atoms with Crippen LogP contribution in [0.25, 0.3) is 5.65 Å². The minimum Gasteiger partial charge on any atom is -0.468 e. The predicted molar refractivity (Wildman–Crippen MR) is 147 cm³/mol. The Morgan fingerprint density at radius 1 is 1.10 bits per heavy atom. The minimum atomic E-state index is -1.29. The Morgan fingerprint density at radius 3 is 2.46 bits per heavy atom. The number of amides is 2. The number of esters is 1. The van der Waals surface area contributed by atoms with E-state index in [2.05, 4.69) is 10.6 Å². The zero-order chi connectivity index (χ0) is 28.2. The van der Waals surface area contributed by atoms with E-state index in [9.17, 15) is 14.4 Å². The summed E-state index contributed by atoms with van der Waals surface area (Å²) in [7, 11) is 1.32. The second-order valence-corrected chi connectivity index (χ2v) is 12.4. The lowest BCUT2D eigenvalue weighted by atomic mass is 9.79. The number of methoxy groups -OCH3 is 1. The fraction of sp³-hybridized carbons (Fsp3) is 0.516. The van der Waals surface area contributed by atoms with Gasteiger partial charge in [-0.1, -0.05) is 30.3 Å². The summed E-state index contributed by atoms with van der Waals surface area (Å²) in [6, 6.07) is 13.0. The van der Waals surface area contributed by atoms with E-state index in [4.69, 9.17) is 19.6 Å². The van der Waals surface area contributed by atoms with Crippen LogP contribution in [0.3, 0.4) is 0 Å². The van der Waals surface area contributed by atoms with Gasteiger partial charge in [-0.2, -0.15) is 5.10 Å². The van der Waals surface area contributed by atoms with Crippen LogP contribution >= 0.6 is 0 Å². The maximum atomic E-state index is 13.1. The molecular formula is C31H35N5O5.